The van der Waals surface area contributed by atoms with E-state index in [0.717, 1.165) is 17.6 Å². The van der Waals surface area contributed by atoms with E-state index in [2.05, 4.69) is 71.1 Å². The second kappa shape index (κ2) is 8.67. The lowest BCUT2D eigenvalue weighted by Gasteiger charge is -2.20. The molecule has 1 aromatic carbocycles. The molecule has 0 radical (unpaired) electrons. The Morgan fingerprint density at radius 2 is 2.08 bits per heavy atom. The van der Waals surface area contributed by atoms with Crippen LogP contribution < -0.4 is 5.43 Å². The van der Waals surface area contributed by atoms with Crippen LogP contribution in [0.1, 0.15) is 39.2 Å². The molecule has 1 aliphatic rings. The molecule has 0 atom stereocenters. The van der Waals surface area contributed by atoms with Gasteiger partial charge in [-0.05, 0) is 36.0 Å². The zero-order valence-electron chi connectivity index (χ0n) is 15.3. The molecule has 0 amide bonds. The molecule has 0 bridgehead atoms. The number of halogens is 1. The molecular formula is C18H28BrN3OS2. The summed E-state index contributed by atoms with van der Waals surface area (Å²) in [7, 11) is 2.00. The van der Waals surface area contributed by atoms with Crippen LogP contribution in [0, 0.1) is 5.41 Å². The summed E-state index contributed by atoms with van der Waals surface area (Å²) in [6.45, 7) is 8.60. The lowest BCUT2D eigenvalue weighted by atomic mass is 9.97. The fraction of sp³-hybridized carbons (Fsp3) is 0.556. The van der Waals surface area contributed by atoms with E-state index in [1.54, 1.807) is 0 Å². The van der Waals surface area contributed by atoms with Crippen LogP contribution in [0.15, 0.2) is 28.9 Å². The molecule has 0 unspecified atom stereocenters. The Hall–Kier alpha value is -0.180. The Balaban J connectivity index is 0.00000225. The van der Waals surface area contributed by atoms with Crippen LogP contribution in [0.3, 0.4) is 0 Å². The van der Waals surface area contributed by atoms with E-state index in [4.69, 9.17) is 4.18 Å². The standard InChI is InChI=1S/C18H26BrN3OS.H2S/c1-18(2,3)12-22-11-13(16-8-5-14(19)9-17(16)22)10-20-21(4)24-23-15-6-7-15;/h5,8-9,11,15,20H,6-7,10,12H2,1-4H3;1H2. The Kier molecular flexibility index (Phi) is 7.33. The van der Waals surface area contributed by atoms with E-state index >= 15 is 0 Å². The first kappa shape index (κ1) is 21.1. The second-order valence-electron chi connectivity index (χ2n) is 7.71. The monoisotopic (exact) mass is 445 g/mol. The van der Waals surface area contributed by atoms with E-state index in [1.165, 1.54) is 41.5 Å². The zero-order valence-corrected chi connectivity index (χ0v) is 18.7. The highest BCUT2D eigenvalue weighted by atomic mass is 79.9. The first-order valence-corrected chi connectivity index (χ1v) is 9.89. The maximum atomic E-state index is 5.65. The lowest BCUT2D eigenvalue weighted by Crippen LogP contribution is -2.28. The highest BCUT2D eigenvalue weighted by molar-refractivity contribution is 9.10. The van der Waals surface area contributed by atoms with Crippen LogP contribution in [-0.4, -0.2) is 22.1 Å². The van der Waals surface area contributed by atoms with Crippen LogP contribution in [0.4, 0.5) is 0 Å². The molecule has 1 saturated carbocycles. The van der Waals surface area contributed by atoms with Gasteiger partial charge in [0.15, 0.2) is 0 Å². The normalized spacial score (nSPS) is 15.0. The van der Waals surface area contributed by atoms with Crippen LogP contribution in [0.25, 0.3) is 10.9 Å². The van der Waals surface area contributed by atoms with Gasteiger partial charge in [0.25, 0.3) is 0 Å². The van der Waals surface area contributed by atoms with Crippen molar-refractivity contribution in [2.24, 2.45) is 5.41 Å². The van der Waals surface area contributed by atoms with Crippen molar-refractivity contribution in [2.75, 3.05) is 7.05 Å². The molecule has 3 rings (SSSR count). The van der Waals surface area contributed by atoms with Crippen molar-refractivity contribution in [3.05, 3.63) is 34.4 Å². The van der Waals surface area contributed by atoms with Crippen molar-refractivity contribution in [1.29, 1.82) is 0 Å². The summed E-state index contributed by atoms with van der Waals surface area (Å²) in [4.78, 5) is 0. The number of hydrogen-bond donors (Lipinski definition) is 1. The summed E-state index contributed by atoms with van der Waals surface area (Å²) < 4.78 is 11.1. The van der Waals surface area contributed by atoms with Crippen molar-refractivity contribution < 1.29 is 4.18 Å². The van der Waals surface area contributed by atoms with E-state index in [0.29, 0.717) is 6.10 Å². The maximum absolute atomic E-state index is 5.65. The van der Waals surface area contributed by atoms with Crippen molar-refractivity contribution in [2.45, 2.75) is 52.8 Å². The minimum atomic E-state index is 0. The second-order valence-corrected chi connectivity index (χ2v) is 9.51. The first-order chi connectivity index (χ1) is 11.3. The highest BCUT2D eigenvalue weighted by Crippen LogP contribution is 2.30. The molecule has 1 aromatic heterocycles. The minimum Gasteiger partial charge on any atom is -0.347 e. The largest absolute Gasteiger partial charge is 0.347 e. The van der Waals surface area contributed by atoms with Crippen molar-refractivity contribution in [1.82, 2.24) is 14.4 Å². The fourth-order valence-corrected chi connectivity index (χ4v) is 3.55. The summed E-state index contributed by atoms with van der Waals surface area (Å²) in [5.74, 6) is 0. The first-order valence-electron chi connectivity index (χ1n) is 8.40. The third-order valence-electron chi connectivity index (χ3n) is 3.88. The third kappa shape index (κ3) is 6.19. The Morgan fingerprint density at radius 1 is 1.36 bits per heavy atom. The van der Waals surface area contributed by atoms with Crippen LogP contribution in [0.2, 0.25) is 0 Å². The van der Waals surface area contributed by atoms with Crippen LogP contribution >= 0.6 is 41.7 Å². The van der Waals surface area contributed by atoms with Gasteiger partial charge in [0.1, 0.15) is 0 Å². The van der Waals surface area contributed by atoms with Gasteiger partial charge in [-0.3, -0.25) is 4.18 Å². The van der Waals surface area contributed by atoms with E-state index in [9.17, 15) is 0 Å². The van der Waals surface area contributed by atoms with Crippen LogP contribution in [-0.2, 0) is 17.3 Å². The van der Waals surface area contributed by atoms with E-state index < -0.39 is 0 Å². The van der Waals surface area contributed by atoms with Crippen molar-refractivity contribution >= 4 is 52.6 Å². The zero-order chi connectivity index (χ0) is 17.3. The number of rotatable bonds is 7. The molecule has 1 fully saturated rings. The number of hydrazine groups is 1. The van der Waals surface area contributed by atoms with Gasteiger partial charge in [0, 0.05) is 41.7 Å². The molecule has 1 N–H and O–H groups in total. The average Bonchev–Trinajstić information content (AvgIpc) is 3.26. The predicted octanol–water partition coefficient (Wildman–Crippen LogP) is 5.24. The molecule has 1 heterocycles. The number of hydrogen-bond acceptors (Lipinski definition) is 4. The Morgan fingerprint density at radius 3 is 2.72 bits per heavy atom. The van der Waals surface area contributed by atoms with Crippen LogP contribution in [0.5, 0.6) is 0 Å². The highest BCUT2D eigenvalue weighted by Gasteiger charge is 2.23. The summed E-state index contributed by atoms with van der Waals surface area (Å²) >= 11 is 5.00. The molecule has 4 nitrogen and oxygen atoms in total. The number of aromatic nitrogens is 1. The third-order valence-corrected chi connectivity index (χ3v) is 5.08. The molecule has 140 valence electrons. The molecule has 7 heteroatoms. The SMILES string of the molecule is CN(NCc1cn(CC(C)(C)C)c2cc(Br)ccc12)SOC1CC1.S. The number of benzene rings is 1. The van der Waals surface area contributed by atoms with Gasteiger partial charge in [0.2, 0.25) is 0 Å². The average molecular weight is 446 g/mol. The van der Waals surface area contributed by atoms with Gasteiger partial charge >= 0.3 is 0 Å². The molecule has 0 spiro atoms. The van der Waals surface area contributed by atoms with Gasteiger partial charge in [-0.15, -0.1) is 0 Å². The predicted molar refractivity (Wildman–Crippen MR) is 116 cm³/mol. The molecule has 1 aliphatic carbocycles. The maximum Gasteiger partial charge on any atom is 0.0974 e. The number of fused-ring (bicyclic) bond motifs is 1. The lowest BCUT2D eigenvalue weighted by molar-refractivity contribution is 0.308. The summed E-state index contributed by atoms with van der Waals surface area (Å²) in [5.41, 5.74) is 6.24. The van der Waals surface area contributed by atoms with Crippen molar-refractivity contribution in [3.8, 4) is 0 Å². The smallest absolute Gasteiger partial charge is 0.0974 e. The summed E-state index contributed by atoms with van der Waals surface area (Å²) in [6, 6.07) is 6.52. The molecule has 0 saturated heterocycles. The minimum absolute atomic E-state index is 0. The van der Waals surface area contributed by atoms with Gasteiger partial charge in [-0.1, -0.05) is 42.8 Å². The quantitative estimate of drug-likeness (QED) is 0.358. The molecule has 2 aromatic rings. The molecular weight excluding hydrogens is 418 g/mol. The van der Waals surface area contributed by atoms with Gasteiger partial charge in [-0.2, -0.15) is 17.9 Å². The van der Waals surface area contributed by atoms with Gasteiger partial charge in [0.05, 0.1) is 18.3 Å². The number of nitrogens with zero attached hydrogens (tertiary/aromatic N) is 2. The van der Waals surface area contributed by atoms with Gasteiger partial charge < -0.3 is 4.57 Å². The Bertz CT molecular complexity index is 710. The number of nitrogens with one attached hydrogen (secondary N) is 1. The summed E-state index contributed by atoms with van der Waals surface area (Å²) in [5, 5.41) is 1.30. The van der Waals surface area contributed by atoms with Crippen molar-refractivity contribution in [3.63, 3.8) is 0 Å². The van der Waals surface area contributed by atoms with Gasteiger partial charge in [-0.25, -0.2) is 5.43 Å². The Labute approximate surface area is 170 Å². The van der Waals surface area contributed by atoms with E-state index in [1.807, 2.05) is 11.5 Å². The molecule has 25 heavy (non-hydrogen) atoms. The fourth-order valence-electron chi connectivity index (χ4n) is 2.64. The van der Waals surface area contributed by atoms with E-state index in [-0.39, 0.29) is 18.9 Å². The topological polar surface area (TPSA) is 29.4 Å². The summed E-state index contributed by atoms with van der Waals surface area (Å²) in [6.07, 6.45) is 5.10. The molecule has 0 aliphatic heterocycles.